The van der Waals surface area contributed by atoms with Crippen molar-refractivity contribution in [3.05, 3.63) is 28.8 Å². The molecule has 20 heavy (non-hydrogen) atoms. The van der Waals surface area contributed by atoms with Crippen LogP contribution in [-0.2, 0) is 19.5 Å². The van der Waals surface area contributed by atoms with Gasteiger partial charge in [-0.2, -0.15) is 8.42 Å². The van der Waals surface area contributed by atoms with Crippen molar-refractivity contribution in [2.45, 2.75) is 13.3 Å². The van der Waals surface area contributed by atoms with Crippen molar-refractivity contribution in [2.24, 2.45) is 5.16 Å². The first-order valence-corrected chi connectivity index (χ1v) is 7.33. The third kappa shape index (κ3) is 3.27. The van der Waals surface area contributed by atoms with Crippen molar-refractivity contribution >= 4 is 39.3 Å². The van der Waals surface area contributed by atoms with Crippen molar-refractivity contribution in [3.8, 4) is 0 Å². The van der Waals surface area contributed by atoms with Gasteiger partial charge in [0, 0.05) is 30.5 Å². The molecule has 1 aromatic rings. The predicted molar refractivity (Wildman–Crippen MR) is 73.3 cm³/mol. The van der Waals surface area contributed by atoms with E-state index in [1.165, 1.54) is 11.8 Å². The number of nitrogens with zero attached hydrogens (tertiary/aromatic N) is 2. The standard InChI is InChI=1S/C11H11ClN2O5S/c1-7(15)14-5-4-10(13-19-20(16,17)18)9-6-8(12)2-3-11(9)14/h2-3,6H,4-5H2,1H3,(H,16,17,18)/b13-10-. The lowest BCUT2D eigenvalue weighted by atomic mass is 9.99. The minimum Gasteiger partial charge on any atom is -0.312 e. The number of halogens is 1. The molecule has 0 aliphatic carbocycles. The summed E-state index contributed by atoms with van der Waals surface area (Å²) in [5.74, 6) is -0.150. The van der Waals surface area contributed by atoms with Gasteiger partial charge in [-0.1, -0.05) is 16.8 Å². The predicted octanol–water partition coefficient (Wildman–Crippen LogP) is 1.62. The molecule has 7 nitrogen and oxygen atoms in total. The molecule has 0 aromatic heterocycles. The van der Waals surface area contributed by atoms with E-state index in [1.54, 1.807) is 18.2 Å². The summed E-state index contributed by atoms with van der Waals surface area (Å²) < 4.78 is 33.7. The Bertz CT molecular complexity index is 686. The first-order valence-electron chi connectivity index (χ1n) is 5.59. The number of carbonyl (C=O) groups is 1. The lowest BCUT2D eigenvalue weighted by Crippen LogP contribution is -2.36. The number of hydrogen-bond acceptors (Lipinski definition) is 5. The molecule has 0 unspecified atom stereocenters. The van der Waals surface area contributed by atoms with Gasteiger partial charge >= 0.3 is 10.4 Å². The average molecular weight is 319 g/mol. The van der Waals surface area contributed by atoms with Crippen LogP contribution >= 0.6 is 11.6 Å². The Balaban J connectivity index is 2.47. The Morgan fingerprint density at radius 3 is 2.80 bits per heavy atom. The SMILES string of the molecule is CC(=O)N1CC/C(=N/OS(=O)(=O)O)c2cc(Cl)ccc21. The minimum atomic E-state index is -4.67. The molecule has 1 aliphatic rings. The molecular weight excluding hydrogens is 308 g/mol. The number of amides is 1. The highest BCUT2D eigenvalue weighted by molar-refractivity contribution is 7.80. The maximum atomic E-state index is 11.6. The fourth-order valence-corrected chi connectivity index (χ4v) is 2.32. The Morgan fingerprint density at radius 1 is 1.50 bits per heavy atom. The fourth-order valence-electron chi connectivity index (χ4n) is 1.96. The van der Waals surface area contributed by atoms with Gasteiger partial charge in [-0.3, -0.25) is 9.35 Å². The highest BCUT2D eigenvalue weighted by Crippen LogP contribution is 2.30. The van der Waals surface area contributed by atoms with Crippen molar-refractivity contribution in [1.82, 2.24) is 0 Å². The molecule has 1 aromatic carbocycles. The smallest absolute Gasteiger partial charge is 0.312 e. The van der Waals surface area contributed by atoms with Gasteiger partial charge in [-0.15, -0.1) is 0 Å². The third-order valence-electron chi connectivity index (χ3n) is 2.75. The van der Waals surface area contributed by atoms with Crippen LogP contribution in [0.5, 0.6) is 0 Å². The second-order valence-corrected chi connectivity index (χ2v) is 5.56. The molecular formula is C11H11ClN2O5S. The zero-order valence-corrected chi connectivity index (χ0v) is 12.0. The second-order valence-electron chi connectivity index (χ2n) is 4.12. The summed E-state index contributed by atoms with van der Waals surface area (Å²) in [5, 5.41) is 3.82. The summed E-state index contributed by atoms with van der Waals surface area (Å²) in [4.78, 5) is 13.1. The van der Waals surface area contributed by atoms with Crippen molar-refractivity contribution in [3.63, 3.8) is 0 Å². The van der Waals surface area contributed by atoms with E-state index in [2.05, 4.69) is 9.44 Å². The van der Waals surface area contributed by atoms with Crippen molar-refractivity contribution in [2.75, 3.05) is 11.4 Å². The second kappa shape index (κ2) is 5.39. The van der Waals surface area contributed by atoms with Gasteiger partial charge in [-0.05, 0) is 18.2 Å². The highest BCUT2D eigenvalue weighted by Gasteiger charge is 2.25. The van der Waals surface area contributed by atoms with Crippen LogP contribution in [0.15, 0.2) is 23.4 Å². The van der Waals surface area contributed by atoms with Crippen molar-refractivity contribution < 1.29 is 22.0 Å². The zero-order valence-electron chi connectivity index (χ0n) is 10.4. The fraction of sp³-hybridized carbons (Fsp3) is 0.273. The molecule has 1 heterocycles. The van der Waals surface area contributed by atoms with Gasteiger partial charge in [0.1, 0.15) is 0 Å². The van der Waals surface area contributed by atoms with Gasteiger partial charge in [0.25, 0.3) is 0 Å². The third-order valence-corrected chi connectivity index (χ3v) is 3.25. The van der Waals surface area contributed by atoms with Gasteiger partial charge in [-0.25, -0.2) is 4.28 Å². The maximum absolute atomic E-state index is 11.6. The molecule has 9 heteroatoms. The molecule has 1 aliphatic heterocycles. The molecule has 0 radical (unpaired) electrons. The molecule has 0 atom stereocenters. The summed E-state index contributed by atoms with van der Waals surface area (Å²) in [6.07, 6.45) is 0.280. The lowest BCUT2D eigenvalue weighted by Gasteiger charge is -2.29. The van der Waals surface area contributed by atoms with Crippen molar-refractivity contribution in [1.29, 1.82) is 0 Å². The van der Waals surface area contributed by atoms with E-state index in [0.29, 0.717) is 22.8 Å². The van der Waals surface area contributed by atoms with Crippen LogP contribution in [0.4, 0.5) is 5.69 Å². The summed E-state index contributed by atoms with van der Waals surface area (Å²) in [7, 11) is -4.67. The van der Waals surface area contributed by atoms with Gasteiger partial charge in [0.15, 0.2) is 0 Å². The molecule has 0 fully saturated rings. The summed E-state index contributed by atoms with van der Waals surface area (Å²) in [5.41, 5.74) is 1.34. The van der Waals surface area contributed by atoms with Gasteiger partial charge in [0.2, 0.25) is 5.91 Å². The number of oxime groups is 1. The molecule has 0 spiro atoms. The van der Waals surface area contributed by atoms with E-state index in [9.17, 15) is 13.2 Å². The van der Waals surface area contributed by atoms with E-state index in [0.717, 1.165) is 0 Å². The number of benzene rings is 1. The topological polar surface area (TPSA) is 96.3 Å². The molecule has 1 N–H and O–H groups in total. The molecule has 0 bridgehead atoms. The largest absolute Gasteiger partial charge is 0.466 e. The first kappa shape index (κ1) is 14.8. The van der Waals surface area contributed by atoms with Crippen LogP contribution in [0.3, 0.4) is 0 Å². The van der Waals surface area contributed by atoms with Gasteiger partial charge in [0.05, 0.1) is 11.4 Å². The zero-order chi connectivity index (χ0) is 14.9. The lowest BCUT2D eigenvalue weighted by molar-refractivity contribution is -0.116. The molecule has 2 rings (SSSR count). The molecule has 0 saturated carbocycles. The van der Waals surface area contributed by atoms with Crippen LogP contribution < -0.4 is 4.90 Å². The molecule has 108 valence electrons. The molecule has 0 saturated heterocycles. The van der Waals surface area contributed by atoms with Crippen LogP contribution in [0.2, 0.25) is 5.02 Å². The number of rotatable bonds is 2. The Labute approximate surface area is 120 Å². The monoisotopic (exact) mass is 318 g/mol. The summed E-state index contributed by atoms with van der Waals surface area (Å²) in [6.45, 7) is 1.76. The number of hydrogen-bond donors (Lipinski definition) is 1. The van der Waals surface area contributed by atoms with Crippen LogP contribution in [0, 0.1) is 0 Å². The van der Waals surface area contributed by atoms with E-state index in [4.69, 9.17) is 16.2 Å². The van der Waals surface area contributed by atoms with E-state index >= 15 is 0 Å². The Hall–Kier alpha value is -1.64. The molecule has 1 amide bonds. The number of anilines is 1. The van der Waals surface area contributed by atoms with E-state index in [1.807, 2.05) is 0 Å². The summed E-state index contributed by atoms with van der Waals surface area (Å²) >= 11 is 5.89. The Morgan fingerprint density at radius 2 is 2.20 bits per heavy atom. The Kier molecular flexibility index (Phi) is 3.98. The van der Waals surface area contributed by atoms with E-state index < -0.39 is 10.4 Å². The van der Waals surface area contributed by atoms with Crippen LogP contribution in [-0.4, -0.2) is 31.1 Å². The quantitative estimate of drug-likeness (QED) is 0.660. The summed E-state index contributed by atoms with van der Waals surface area (Å²) in [6, 6.07) is 4.81. The highest BCUT2D eigenvalue weighted by atomic mass is 35.5. The maximum Gasteiger partial charge on any atom is 0.466 e. The minimum absolute atomic E-state index is 0.150. The average Bonchev–Trinajstić information content (AvgIpc) is 2.34. The number of fused-ring (bicyclic) bond motifs is 1. The number of carbonyl (C=O) groups excluding carboxylic acids is 1. The van der Waals surface area contributed by atoms with Crippen LogP contribution in [0.1, 0.15) is 18.9 Å². The first-order chi connectivity index (χ1) is 9.28. The normalized spacial score (nSPS) is 16.9. The van der Waals surface area contributed by atoms with E-state index in [-0.39, 0.29) is 18.0 Å². The van der Waals surface area contributed by atoms with Gasteiger partial charge < -0.3 is 4.90 Å². The van der Waals surface area contributed by atoms with Crippen LogP contribution in [0.25, 0.3) is 0 Å².